The van der Waals surface area contributed by atoms with Crippen molar-refractivity contribution in [3.05, 3.63) is 59.7 Å². The molecule has 0 saturated heterocycles. The molecule has 2 aromatic carbocycles. The summed E-state index contributed by atoms with van der Waals surface area (Å²) < 4.78 is 5.21. The minimum Gasteiger partial charge on any atom is -0.478 e. The minimum absolute atomic E-state index is 0.0775. The molecule has 2 rings (SSSR count). The van der Waals surface area contributed by atoms with E-state index in [0.29, 0.717) is 12.0 Å². The monoisotopic (exact) mass is 328 g/mol. The van der Waals surface area contributed by atoms with Crippen molar-refractivity contribution in [2.75, 3.05) is 13.2 Å². The summed E-state index contributed by atoms with van der Waals surface area (Å²) in [5.41, 5.74) is 2.45. The molecule has 0 radical (unpaired) electrons. The Bertz CT molecular complexity index is 689. The van der Waals surface area contributed by atoms with Gasteiger partial charge in [-0.2, -0.15) is 0 Å². The van der Waals surface area contributed by atoms with Crippen LogP contribution in [0.3, 0.4) is 0 Å². The van der Waals surface area contributed by atoms with Gasteiger partial charge in [0.15, 0.2) is 0 Å². The fourth-order valence-corrected chi connectivity index (χ4v) is 2.21. The highest BCUT2D eigenvalue weighted by Crippen LogP contribution is 2.21. The van der Waals surface area contributed by atoms with Gasteiger partial charge in [-0.05, 0) is 47.7 Å². The number of carboxylic acids is 1. The summed E-state index contributed by atoms with van der Waals surface area (Å²) in [6.07, 6.45) is 0.596. The van der Waals surface area contributed by atoms with Crippen LogP contribution in [0.1, 0.15) is 34.1 Å². The van der Waals surface area contributed by atoms with Gasteiger partial charge in [0.2, 0.25) is 0 Å². The van der Waals surface area contributed by atoms with Gasteiger partial charge < -0.3 is 14.9 Å². The third-order valence-electron chi connectivity index (χ3n) is 3.71. The zero-order valence-corrected chi connectivity index (χ0v) is 13.4. The molecule has 0 heterocycles. The number of aromatic carboxylic acids is 1. The normalized spacial score (nSPS) is 11.8. The topological polar surface area (TPSA) is 83.8 Å². The molecular weight excluding hydrogens is 308 g/mol. The SMILES string of the molecule is CC(CCO)COC(=O)c1ccc(-c2ccc(C(=O)O)cc2)cc1. The van der Waals surface area contributed by atoms with Crippen LogP contribution < -0.4 is 0 Å². The third kappa shape index (κ3) is 4.67. The molecule has 0 aromatic heterocycles. The Morgan fingerprint density at radius 1 is 0.958 bits per heavy atom. The predicted molar refractivity (Wildman–Crippen MR) is 90.0 cm³/mol. The van der Waals surface area contributed by atoms with Gasteiger partial charge in [-0.1, -0.05) is 31.2 Å². The molecule has 2 N–H and O–H groups in total. The lowest BCUT2D eigenvalue weighted by Crippen LogP contribution is -2.13. The molecule has 0 amide bonds. The first-order valence-electron chi connectivity index (χ1n) is 7.73. The molecule has 5 heteroatoms. The molecule has 5 nitrogen and oxygen atoms in total. The third-order valence-corrected chi connectivity index (χ3v) is 3.71. The average molecular weight is 328 g/mol. The first-order chi connectivity index (χ1) is 11.5. The maximum absolute atomic E-state index is 12.0. The number of carbonyl (C=O) groups excluding carboxylic acids is 1. The number of aliphatic hydroxyl groups is 1. The van der Waals surface area contributed by atoms with E-state index in [9.17, 15) is 9.59 Å². The van der Waals surface area contributed by atoms with E-state index in [1.165, 1.54) is 0 Å². The second-order valence-corrected chi connectivity index (χ2v) is 5.68. The molecule has 0 aliphatic rings. The van der Waals surface area contributed by atoms with E-state index in [1.54, 1.807) is 48.5 Å². The zero-order chi connectivity index (χ0) is 17.5. The van der Waals surface area contributed by atoms with Crippen molar-refractivity contribution in [3.63, 3.8) is 0 Å². The number of hydrogen-bond acceptors (Lipinski definition) is 4. The van der Waals surface area contributed by atoms with Crippen molar-refractivity contribution < 1.29 is 24.5 Å². The van der Waals surface area contributed by atoms with Crippen LogP contribution in [0.25, 0.3) is 11.1 Å². The Morgan fingerprint density at radius 3 is 1.92 bits per heavy atom. The molecule has 0 saturated carbocycles. The van der Waals surface area contributed by atoms with E-state index < -0.39 is 11.9 Å². The lowest BCUT2D eigenvalue weighted by molar-refractivity contribution is 0.0431. The number of esters is 1. The summed E-state index contributed by atoms with van der Waals surface area (Å²) in [6.45, 7) is 2.26. The van der Waals surface area contributed by atoms with Crippen LogP contribution in [-0.2, 0) is 4.74 Å². The molecule has 24 heavy (non-hydrogen) atoms. The minimum atomic E-state index is -0.963. The van der Waals surface area contributed by atoms with Crippen LogP contribution >= 0.6 is 0 Å². The highest BCUT2D eigenvalue weighted by molar-refractivity contribution is 5.90. The molecule has 0 fully saturated rings. The van der Waals surface area contributed by atoms with Gasteiger partial charge >= 0.3 is 11.9 Å². The van der Waals surface area contributed by atoms with E-state index in [-0.39, 0.29) is 24.7 Å². The van der Waals surface area contributed by atoms with E-state index in [2.05, 4.69) is 0 Å². The Morgan fingerprint density at radius 2 is 1.46 bits per heavy atom. The zero-order valence-electron chi connectivity index (χ0n) is 13.4. The maximum atomic E-state index is 12.0. The molecule has 1 atom stereocenters. The van der Waals surface area contributed by atoms with E-state index >= 15 is 0 Å². The number of rotatable bonds is 7. The molecule has 2 aromatic rings. The highest BCUT2D eigenvalue weighted by atomic mass is 16.5. The van der Waals surface area contributed by atoms with Crippen LogP contribution in [0.4, 0.5) is 0 Å². The molecule has 1 unspecified atom stereocenters. The quantitative estimate of drug-likeness (QED) is 0.762. The summed E-state index contributed by atoms with van der Waals surface area (Å²) >= 11 is 0. The lowest BCUT2D eigenvalue weighted by Gasteiger charge is -2.11. The smallest absolute Gasteiger partial charge is 0.338 e. The first-order valence-corrected chi connectivity index (χ1v) is 7.73. The van der Waals surface area contributed by atoms with Crippen LogP contribution in [0.5, 0.6) is 0 Å². The number of ether oxygens (including phenoxy) is 1. The second kappa shape index (κ2) is 8.26. The predicted octanol–water partition coefficient (Wildman–Crippen LogP) is 3.23. The van der Waals surface area contributed by atoms with E-state index in [4.69, 9.17) is 14.9 Å². The maximum Gasteiger partial charge on any atom is 0.338 e. The number of hydrogen-bond donors (Lipinski definition) is 2. The second-order valence-electron chi connectivity index (χ2n) is 5.68. The summed E-state index contributed by atoms with van der Waals surface area (Å²) in [6, 6.07) is 13.5. The van der Waals surface area contributed by atoms with Gasteiger partial charge in [-0.3, -0.25) is 0 Å². The Hall–Kier alpha value is -2.66. The van der Waals surface area contributed by atoms with Crippen LogP contribution in [0.15, 0.2) is 48.5 Å². The molecule has 0 aliphatic heterocycles. The Kier molecular flexibility index (Phi) is 6.09. The summed E-state index contributed by atoms with van der Waals surface area (Å²) in [4.78, 5) is 22.8. The Labute approximate surface area is 140 Å². The van der Waals surface area contributed by atoms with Gasteiger partial charge in [0.25, 0.3) is 0 Å². The largest absolute Gasteiger partial charge is 0.478 e. The number of carboxylic acid groups (broad SMARTS) is 1. The molecule has 126 valence electrons. The molecule has 0 spiro atoms. The number of aliphatic hydroxyl groups excluding tert-OH is 1. The number of benzene rings is 2. The van der Waals surface area contributed by atoms with E-state index in [1.807, 2.05) is 6.92 Å². The lowest BCUT2D eigenvalue weighted by atomic mass is 10.0. The summed E-state index contributed by atoms with van der Waals surface area (Å²) in [7, 11) is 0. The summed E-state index contributed by atoms with van der Waals surface area (Å²) in [5, 5.41) is 17.7. The summed E-state index contributed by atoms with van der Waals surface area (Å²) in [5.74, 6) is -1.24. The van der Waals surface area contributed by atoms with Crippen LogP contribution in [0, 0.1) is 5.92 Å². The van der Waals surface area contributed by atoms with Crippen molar-refractivity contribution in [1.82, 2.24) is 0 Å². The van der Waals surface area contributed by atoms with E-state index in [0.717, 1.165) is 11.1 Å². The molecule has 0 bridgehead atoms. The van der Waals surface area contributed by atoms with Gasteiger partial charge in [-0.25, -0.2) is 9.59 Å². The number of carbonyl (C=O) groups is 2. The van der Waals surface area contributed by atoms with Gasteiger partial charge in [0.05, 0.1) is 17.7 Å². The highest BCUT2D eigenvalue weighted by Gasteiger charge is 2.10. The molecule has 0 aliphatic carbocycles. The van der Waals surface area contributed by atoms with Crippen molar-refractivity contribution in [2.45, 2.75) is 13.3 Å². The standard InChI is InChI=1S/C19H20O5/c1-13(10-11-20)12-24-19(23)17-8-4-15(5-9-17)14-2-6-16(7-3-14)18(21)22/h2-9,13,20H,10-12H2,1H3,(H,21,22). The van der Waals surface area contributed by atoms with Crippen LogP contribution in [0.2, 0.25) is 0 Å². The first kappa shape index (κ1) is 17.7. The van der Waals surface area contributed by atoms with Gasteiger partial charge in [0, 0.05) is 6.61 Å². The van der Waals surface area contributed by atoms with Crippen LogP contribution in [-0.4, -0.2) is 35.4 Å². The fourth-order valence-electron chi connectivity index (χ4n) is 2.21. The van der Waals surface area contributed by atoms with Gasteiger partial charge in [-0.15, -0.1) is 0 Å². The molecular formula is C19H20O5. The van der Waals surface area contributed by atoms with Crippen molar-refractivity contribution in [1.29, 1.82) is 0 Å². The van der Waals surface area contributed by atoms with Crippen molar-refractivity contribution in [2.24, 2.45) is 5.92 Å². The fraction of sp³-hybridized carbons (Fsp3) is 0.263. The Balaban J connectivity index is 2.02. The van der Waals surface area contributed by atoms with Gasteiger partial charge in [0.1, 0.15) is 0 Å². The average Bonchev–Trinajstić information content (AvgIpc) is 2.60. The van der Waals surface area contributed by atoms with Crippen molar-refractivity contribution >= 4 is 11.9 Å². The van der Waals surface area contributed by atoms with Crippen molar-refractivity contribution in [3.8, 4) is 11.1 Å².